The summed E-state index contributed by atoms with van der Waals surface area (Å²) >= 11 is 0. The molecule has 92 valence electrons. The number of aliphatic hydroxyl groups excluding tert-OH is 1. The van der Waals surface area contributed by atoms with Crippen molar-refractivity contribution in [2.45, 2.75) is 31.8 Å². The second-order valence-corrected chi connectivity index (χ2v) is 5.26. The Kier molecular flexibility index (Phi) is 2.92. The fraction of sp³-hybridized carbons (Fsp3) is 0.294. The number of aryl methyl sites for hydroxylation is 1. The summed E-state index contributed by atoms with van der Waals surface area (Å²) in [5, 5.41) is 10.4. The van der Waals surface area contributed by atoms with Gasteiger partial charge in [-0.15, -0.1) is 0 Å². The van der Waals surface area contributed by atoms with Crippen LogP contribution in [-0.4, -0.2) is 5.11 Å². The number of rotatable bonds is 3. The highest BCUT2D eigenvalue weighted by atomic mass is 16.3. The van der Waals surface area contributed by atoms with Crippen molar-refractivity contribution in [3.05, 3.63) is 70.8 Å². The predicted octanol–water partition coefficient (Wildman–Crippen LogP) is 3.95. The Balaban J connectivity index is 1.91. The van der Waals surface area contributed by atoms with Crippen LogP contribution in [0.25, 0.3) is 0 Å². The van der Waals surface area contributed by atoms with E-state index in [2.05, 4.69) is 37.3 Å². The van der Waals surface area contributed by atoms with Gasteiger partial charge in [0.05, 0.1) is 0 Å². The molecule has 1 N–H and O–H groups in total. The third kappa shape index (κ3) is 2.32. The van der Waals surface area contributed by atoms with Crippen molar-refractivity contribution < 1.29 is 5.11 Å². The van der Waals surface area contributed by atoms with Gasteiger partial charge in [-0.3, -0.25) is 0 Å². The van der Waals surface area contributed by atoms with Crippen LogP contribution < -0.4 is 0 Å². The molecule has 1 fully saturated rings. The maximum atomic E-state index is 10.4. The van der Waals surface area contributed by atoms with E-state index < -0.39 is 6.10 Å². The van der Waals surface area contributed by atoms with E-state index in [1.807, 2.05) is 18.2 Å². The first-order chi connectivity index (χ1) is 8.74. The van der Waals surface area contributed by atoms with Gasteiger partial charge in [0.15, 0.2) is 0 Å². The molecule has 0 bridgehead atoms. The summed E-state index contributed by atoms with van der Waals surface area (Å²) in [6.07, 6.45) is 2.08. The van der Waals surface area contributed by atoms with Crippen molar-refractivity contribution in [3.8, 4) is 0 Å². The molecule has 1 unspecified atom stereocenters. The summed E-state index contributed by atoms with van der Waals surface area (Å²) in [4.78, 5) is 0. The number of benzene rings is 2. The molecule has 2 aromatic rings. The molecule has 1 nitrogen and oxygen atoms in total. The van der Waals surface area contributed by atoms with Crippen LogP contribution in [0.3, 0.4) is 0 Å². The first kappa shape index (κ1) is 11.5. The monoisotopic (exact) mass is 238 g/mol. The topological polar surface area (TPSA) is 20.2 Å². The lowest BCUT2D eigenvalue weighted by Crippen LogP contribution is -2.00. The van der Waals surface area contributed by atoms with Crippen molar-refractivity contribution in [2.24, 2.45) is 0 Å². The van der Waals surface area contributed by atoms with Gasteiger partial charge in [0.2, 0.25) is 0 Å². The first-order valence-electron chi connectivity index (χ1n) is 6.58. The third-order valence-corrected chi connectivity index (χ3v) is 3.63. The standard InChI is InChI=1S/C17H18O/c1-12-4-2-6-15(10-12)17(18)16-7-3-5-14(11-16)13-8-9-13/h2-7,10-11,13,17-18H,8-9H2,1H3. The van der Waals surface area contributed by atoms with Gasteiger partial charge in [-0.2, -0.15) is 0 Å². The fourth-order valence-electron chi connectivity index (χ4n) is 2.43. The minimum Gasteiger partial charge on any atom is -0.384 e. The summed E-state index contributed by atoms with van der Waals surface area (Å²) in [6, 6.07) is 16.5. The molecule has 0 aromatic heterocycles. The molecule has 0 heterocycles. The summed E-state index contributed by atoms with van der Waals surface area (Å²) in [5.41, 5.74) is 4.54. The maximum Gasteiger partial charge on any atom is 0.104 e. The van der Waals surface area contributed by atoms with Gasteiger partial charge in [0, 0.05) is 0 Å². The van der Waals surface area contributed by atoms with Gasteiger partial charge in [-0.05, 0) is 42.4 Å². The van der Waals surface area contributed by atoms with E-state index in [9.17, 15) is 5.11 Å². The van der Waals surface area contributed by atoms with Crippen LogP contribution in [-0.2, 0) is 0 Å². The van der Waals surface area contributed by atoms with E-state index in [-0.39, 0.29) is 0 Å². The van der Waals surface area contributed by atoms with Crippen LogP contribution >= 0.6 is 0 Å². The summed E-state index contributed by atoms with van der Waals surface area (Å²) in [6.45, 7) is 2.05. The highest BCUT2D eigenvalue weighted by Gasteiger charge is 2.24. The Hall–Kier alpha value is -1.60. The average Bonchev–Trinajstić information content (AvgIpc) is 3.22. The average molecular weight is 238 g/mol. The van der Waals surface area contributed by atoms with Crippen LogP contribution in [0.15, 0.2) is 48.5 Å². The molecule has 0 amide bonds. The number of hydrogen-bond acceptors (Lipinski definition) is 1. The Morgan fingerprint density at radius 3 is 2.33 bits per heavy atom. The van der Waals surface area contributed by atoms with Gasteiger partial charge in [-0.25, -0.2) is 0 Å². The van der Waals surface area contributed by atoms with E-state index in [0.717, 1.165) is 17.0 Å². The summed E-state index contributed by atoms with van der Waals surface area (Å²) in [5.74, 6) is 0.731. The lowest BCUT2D eigenvalue weighted by atomic mass is 9.97. The molecule has 1 aliphatic carbocycles. The second kappa shape index (κ2) is 4.58. The molecule has 1 saturated carbocycles. The van der Waals surface area contributed by atoms with Crippen LogP contribution in [0.2, 0.25) is 0 Å². The Morgan fingerprint density at radius 1 is 1.00 bits per heavy atom. The van der Waals surface area contributed by atoms with Gasteiger partial charge in [0.25, 0.3) is 0 Å². The van der Waals surface area contributed by atoms with Crippen molar-refractivity contribution in [1.82, 2.24) is 0 Å². The molecule has 1 heteroatoms. The highest BCUT2D eigenvalue weighted by Crippen LogP contribution is 2.40. The van der Waals surface area contributed by atoms with Crippen molar-refractivity contribution in [2.75, 3.05) is 0 Å². The zero-order valence-electron chi connectivity index (χ0n) is 10.6. The Morgan fingerprint density at radius 2 is 1.67 bits per heavy atom. The van der Waals surface area contributed by atoms with Crippen molar-refractivity contribution in [1.29, 1.82) is 0 Å². The molecule has 0 aliphatic heterocycles. The largest absolute Gasteiger partial charge is 0.384 e. The van der Waals surface area contributed by atoms with Crippen LogP contribution in [0.4, 0.5) is 0 Å². The lowest BCUT2D eigenvalue weighted by molar-refractivity contribution is 0.220. The smallest absolute Gasteiger partial charge is 0.104 e. The Bertz CT molecular complexity index is 555. The van der Waals surface area contributed by atoms with Crippen LogP contribution in [0.5, 0.6) is 0 Å². The zero-order valence-corrected chi connectivity index (χ0v) is 10.6. The van der Waals surface area contributed by atoms with Crippen molar-refractivity contribution in [3.63, 3.8) is 0 Å². The normalized spacial score (nSPS) is 16.6. The fourth-order valence-corrected chi connectivity index (χ4v) is 2.43. The predicted molar refractivity (Wildman–Crippen MR) is 73.7 cm³/mol. The quantitative estimate of drug-likeness (QED) is 0.858. The third-order valence-electron chi connectivity index (χ3n) is 3.63. The van der Waals surface area contributed by atoms with Gasteiger partial charge < -0.3 is 5.11 Å². The van der Waals surface area contributed by atoms with Gasteiger partial charge in [-0.1, -0.05) is 54.1 Å². The van der Waals surface area contributed by atoms with E-state index in [4.69, 9.17) is 0 Å². The molecule has 0 radical (unpaired) electrons. The van der Waals surface area contributed by atoms with E-state index >= 15 is 0 Å². The SMILES string of the molecule is Cc1cccc(C(O)c2cccc(C3CC3)c2)c1. The van der Waals surface area contributed by atoms with Crippen molar-refractivity contribution >= 4 is 0 Å². The van der Waals surface area contributed by atoms with E-state index in [1.165, 1.54) is 24.0 Å². The summed E-state index contributed by atoms with van der Waals surface area (Å²) in [7, 11) is 0. The molecule has 1 atom stereocenters. The van der Waals surface area contributed by atoms with Gasteiger partial charge >= 0.3 is 0 Å². The van der Waals surface area contributed by atoms with E-state index in [0.29, 0.717) is 0 Å². The lowest BCUT2D eigenvalue weighted by Gasteiger charge is -2.13. The molecule has 3 rings (SSSR count). The Labute approximate surface area is 108 Å². The molecular formula is C17H18O. The summed E-state index contributed by atoms with van der Waals surface area (Å²) < 4.78 is 0. The minimum absolute atomic E-state index is 0.511. The highest BCUT2D eigenvalue weighted by molar-refractivity contribution is 5.36. The van der Waals surface area contributed by atoms with Gasteiger partial charge in [0.1, 0.15) is 6.10 Å². The number of hydrogen-bond donors (Lipinski definition) is 1. The minimum atomic E-state index is -0.511. The molecule has 18 heavy (non-hydrogen) atoms. The zero-order chi connectivity index (χ0) is 12.5. The molecule has 0 saturated heterocycles. The molecule has 1 aliphatic rings. The van der Waals surface area contributed by atoms with Crippen LogP contribution in [0, 0.1) is 6.92 Å². The molecule has 2 aromatic carbocycles. The van der Waals surface area contributed by atoms with E-state index in [1.54, 1.807) is 0 Å². The maximum absolute atomic E-state index is 10.4. The van der Waals surface area contributed by atoms with Crippen LogP contribution in [0.1, 0.15) is 47.1 Å². The first-order valence-corrected chi connectivity index (χ1v) is 6.58. The number of aliphatic hydroxyl groups is 1. The molecular weight excluding hydrogens is 220 g/mol. The second-order valence-electron chi connectivity index (χ2n) is 5.26. The molecule has 0 spiro atoms.